The van der Waals surface area contributed by atoms with E-state index in [-0.39, 0.29) is 42.4 Å². The first-order valence-corrected chi connectivity index (χ1v) is 17.6. The van der Waals surface area contributed by atoms with E-state index in [0.717, 1.165) is 11.1 Å². The van der Waals surface area contributed by atoms with E-state index in [1.54, 1.807) is 6.92 Å². The van der Waals surface area contributed by atoms with E-state index in [4.69, 9.17) is 14.7 Å². The number of carbonyl (C=O) groups excluding carboxylic acids is 3. The molecule has 5 atom stereocenters. The van der Waals surface area contributed by atoms with Gasteiger partial charge in [-0.25, -0.2) is 14.6 Å². The summed E-state index contributed by atoms with van der Waals surface area (Å²) in [4.78, 5) is 52.8. The summed E-state index contributed by atoms with van der Waals surface area (Å²) in [5, 5.41) is 22.9. The summed E-state index contributed by atoms with van der Waals surface area (Å²) in [6.07, 6.45) is -6.72. The number of hydrogen-bond acceptors (Lipinski definition) is 10. The Hall–Kier alpha value is -5.45. The van der Waals surface area contributed by atoms with Crippen LogP contribution in [-0.2, 0) is 14.3 Å². The summed E-state index contributed by atoms with van der Waals surface area (Å²) in [6.45, 7) is 5.14. The number of fused-ring (bicyclic) bond motifs is 1. The van der Waals surface area contributed by atoms with Crippen molar-refractivity contribution in [3.8, 4) is 0 Å². The van der Waals surface area contributed by atoms with Crippen molar-refractivity contribution in [1.29, 1.82) is 0 Å². The molecule has 1 saturated heterocycles. The van der Waals surface area contributed by atoms with Crippen LogP contribution in [0.2, 0.25) is 0 Å². The van der Waals surface area contributed by atoms with Crippen LogP contribution in [0.5, 0.6) is 0 Å². The molecule has 282 valence electrons. The minimum absolute atomic E-state index is 0.0687. The van der Waals surface area contributed by atoms with E-state index in [2.05, 4.69) is 26.3 Å². The van der Waals surface area contributed by atoms with Gasteiger partial charge in [-0.3, -0.25) is 4.79 Å². The van der Waals surface area contributed by atoms with Crippen molar-refractivity contribution in [2.45, 2.75) is 75.5 Å². The highest BCUT2D eigenvalue weighted by atomic mass is 19.4. The molecule has 1 saturated carbocycles. The molecule has 17 heteroatoms. The standard InChI is InChI=1S/C36H42F3N9O5/c1-3-27(49)44-25-17-26(30(29(25)50)53-33(51)36(37,38)39)48-20-42-28-31(41-18-24(21-11-7-5-8-12-21)22-13-9-6-10-14-22)45-34(46-32(28)48)47-16-15-23(19-47)43-35(52)40-4-2/h5-14,20,23-26,29-30,50H,3-4,15-19H2,1-2H3,(H,44,49)(H2,40,43,52)(H,41,45,46)/t23-,25+,26-,29-,30+/m1/s1. The van der Waals surface area contributed by atoms with Gasteiger partial charge in [-0.2, -0.15) is 23.1 Å². The Labute approximate surface area is 303 Å². The Balaban J connectivity index is 1.39. The molecule has 3 heterocycles. The van der Waals surface area contributed by atoms with Crippen molar-refractivity contribution < 1.29 is 37.4 Å². The van der Waals surface area contributed by atoms with Gasteiger partial charge in [0.05, 0.1) is 18.4 Å². The summed E-state index contributed by atoms with van der Waals surface area (Å²) < 4.78 is 46.7. The van der Waals surface area contributed by atoms with Crippen molar-refractivity contribution in [2.75, 3.05) is 36.4 Å². The number of carbonyl (C=O) groups is 3. The van der Waals surface area contributed by atoms with Crippen LogP contribution >= 0.6 is 0 Å². The molecule has 4 aromatic rings. The van der Waals surface area contributed by atoms with E-state index in [0.29, 0.717) is 43.9 Å². The van der Waals surface area contributed by atoms with Crippen LogP contribution in [0.15, 0.2) is 67.0 Å². The molecule has 5 N–H and O–H groups in total. The molecule has 2 aromatic heterocycles. The SMILES string of the molecule is CCNC(=O)N[C@@H]1CCN(c2nc(NCC(c3ccccc3)c3ccccc3)c3ncn([C@@H]4C[C@H](NC(=O)CC)[C@@H](O)[C@H]4OC(=O)C(F)(F)F)c3n2)C1. The quantitative estimate of drug-likeness (QED) is 0.135. The minimum atomic E-state index is -5.32. The number of aliphatic hydroxyl groups is 1. The number of aromatic nitrogens is 4. The predicted octanol–water partition coefficient (Wildman–Crippen LogP) is 3.64. The number of benzene rings is 2. The Morgan fingerprint density at radius 2 is 1.68 bits per heavy atom. The van der Waals surface area contributed by atoms with Gasteiger partial charge in [0.1, 0.15) is 6.10 Å². The molecule has 3 amide bonds. The average molecular weight is 738 g/mol. The van der Waals surface area contributed by atoms with Crippen LogP contribution in [0, 0.1) is 0 Å². The van der Waals surface area contributed by atoms with E-state index in [1.165, 1.54) is 10.9 Å². The van der Waals surface area contributed by atoms with Gasteiger partial charge in [0.15, 0.2) is 23.1 Å². The van der Waals surface area contributed by atoms with Gasteiger partial charge in [0.2, 0.25) is 11.9 Å². The van der Waals surface area contributed by atoms with Gasteiger partial charge < -0.3 is 40.6 Å². The number of esters is 1. The van der Waals surface area contributed by atoms with Crippen LogP contribution in [0.25, 0.3) is 11.2 Å². The van der Waals surface area contributed by atoms with Gasteiger partial charge >= 0.3 is 18.2 Å². The van der Waals surface area contributed by atoms with Crippen molar-refractivity contribution in [3.63, 3.8) is 0 Å². The summed E-state index contributed by atoms with van der Waals surface area (Å²) in [6, 6.07) is 17.2. The van der Waals surface area contributed by atoms with E-state index in [1.807, 2.05) is 72.5 Å². The zero-order valence-electron chi connectivity index (χ0n) is 29.2. The summed E-state index contributed by atoms with van der Waals surface area (Å²) in [5.41, 5.74) is 2.61. The predicted molar refractivity (Wildman–Crippen MR) is 189 cm³/mol. The topological polar surface area (TPSA) is 176 Å². The fraction of sp³-hybridized carbons (Fsp3) is 0.444. The number of alkyl halides is 3. The van der Waals surface area contributed by atoms with E-state index in [9.17, 15) is 32.7 Å². The molecule has 53 heavy (non-hydrogen) atoms. The monoisotopic (exact) mass is 737 g/mol. The molecule has 1 aliphatic carbocycles. The maximum atomic E-state index is 13.4. The molecule has 2 fully saturated rings. The Morgan fingerprint density at radius 1 is 1.00 bits per heavy atom. The fourth-order valence-corrected chi connectivity index (χ4v) is 6.92. The number of nitrogens with zero attached hydrogens (tertiary/aromatic N) is 5. The van der Waals surface area contributed by atoms with Crippen LogP contribution < -0.4 is 26.2 Å². The van der Waals surface area contributed by atoms with Gasteiger partial charge in [0.25, 0.3) is 0 Å². The third kappa shape index (κ3) is 8.45. The van der Waals surface area contributed by atoms with E-state index >= 15 is 0 Å². The lowest BCUT2D eigenvalue weighted by molar-refractivity contribution is -0.209. The zero-order valence-corrected chi connectivity index (χ0v) is 29.2. The molecule has 0 spiro atoms. The van der Waals surface area contributed by atoms with Crippen molar-refractivity contribution in [3.05, 3.63) is 78.1 Å². The molecule has 1 aliphatic heterocycles. The second-order valence-corrected chi connectivity index (χ2v) is 13.1. The van der Waals surface area contributed by atoms with Gasteiger partial charge in [-0.1, -0.05) is 67.6 Å². The number of halogens is 3. The molecule has 0 unspecified atom stereocenters. The fourth-order valence-electron chi connectivity index (χ4n) is 6.92. The minimum Gasteiger partial charge on any atom is -0.451 e. The average Bonchev–Trinajstić information content (AvgIpc) is 3.87. The Bertz CT molecular complexity index is 1860. The molecular formula is C36H42F3N9O5. The lowest BCUT2D eigenvalue weighted by Gasteiger charge is -2.25. The highest BCUT2D eigenvalue weighted by Gasteiger charge is 2.51. The second-order valence-electron chi connectivity index (χ2n) is 13.1. The molecule has 0 bridgehead atoms. The number of anilines is 2. The smallest absolute Gasteiger partial charge is 0.451 e. The third-order valence-corrected chi connectivity index (χ3v) is 9.55. The van der Waals surface area contributed by atoms with Gasteiger partial charge in [0, 0.05) is 44.6 Å². The largest absolute Gasteiger partial charge is 0.490 e. The van der Waals surface area contributed by atoms with Crippen molar-refractivity contribution >= 4 is 40.8 Å². The summed E-state index contributed by atoms with van der Waals surface area (Å²) in [5.74, 6) is -2.38. The number of urea groups is 1. The number of nitrogens with one attached hydrogen (secondary N) is 4. The molecular weight excluding hydrogens is 695 g/mol. The van der Waals surface area contributed by atoms with Gasteiger partial charge in [-0.15, -0.1) is 0 Å². The zero-order chi connectivity index (χ0) is 37.7. The first-order chi connectivity index (χ1) is 25.5. The lowest BCUT2D eigenvalue weighted by Crippen LogP contribution is -2.45. The highest BCUT2D eigenvalue weighted by molar-refractivity contribution is 5.85. The number of imidazole rings is 1. The van der Waals surface area contributed by atoms with Crippen molar-refractivity contribution in [2.24, 2.45) is 0 Å². The molecule has 6 rings (SSSR count). The van der Waals surface area contributed by atoms with Crippen LogP contribution in [0.1, 0.15) is 56.2 Å². The second kappa shape index (κ2) is 16.1. The maximum absolute atomic E-state index is 13.4. The summed E-state index contributed by atoms with van der Waals surface area (Å²) >= 11 is 0. The number of hydrogen-bond donors (Lipinski definition) is 5. The van der Waals surface area contributed by atoms with Crippen LogP contribution in [0.4, 0.5) is 29.7 Å². The van der Waals surface area contributed by atoms with Crippen LogP contribution in [0.3, 0.4) is 0 Å². The van der Waals surface area contributed by atoms with Gasteiger partial charge in [-0.05, 0) is 30.9 Å². The molecule has 0 radical (unpaired) electrons. The Morgan fingerprint density at radius 3 is 2.30 bits per heavy atom. The first-order valence-electron chi connectivity index (χ1n) is 17.6. The number of ether oxygens (including phenoxy) is 1. The third-order valence-electron chi connectivity index (χ3n) is 9.55. The highest BCUT2D eigenvalue weighted by Crippen LogP contribution is 2.38. The maximum Gasteiger partial charge on any atom is 0.490 e. The number of aliphatic hydroxyl groups excluding tert-OH is 1. The molecule has 2 aliphatic rings. The van der Waals surface area contributed by atoms with Crippen LogP contribution in [-0.4, -0.2) is 99.2 Å². The summed E-state index contributed by atoms with van der Waals surface area (Å²) in [7, 11) is 0. The first kappa shape index (κ1) is 37.3. The lowest BCUT2D eigenvalue weighted by atomic mass is 9.91. The molecule has 14 nitrogen and oxygen atoms in total. The molecule has 2 aromatic carbocycles. The number of amides is 3. The normalized spacial score (nSPS) is 21.5. The van der Waals surface area contributed by atoms with E-state index < -0.39 is 42.3 Å². The Kier molecular flexibility index (Phi) is 11.3. The number of rotatable bonds is 12. The van der Waals surface area contributed by atoms with Crippen molar-refractivity contribution in [1.82, 2.24) is 35.5 Å².